The third-order valence-electron chi connectivity index (χ3n) is 2.92. The smallest absolute Gasteiger partial charge is 0.231 e. The van der Waals surface area contributed by atoms with Gasteiger partial charge in [-0.1, -0.05) is 23.2 Å². The van der Waals surface area contributed by atoms with E-state index in [2.05, 4.69) is 20.2 Å². The Balaban J connectivity index is 1.82. The summed E-state index contributed by atoms with van der Waals surface area (Å²) >= 11 is 11.8. The number of nitrogens with one attached hydrogen (secondary N) is 2. The van der Waals surface area contributed by atoms with Gasteiger partial charge in [0, 0.05) is 27.9 Å². The van der Waals surface area contributed by atoms with E-state index in [9.17, 15) is 9.59 Å². The van der Waals surface area contributed by atoms with Gasteiger partial charge in [-0.05, 0) is 42.2 Å². The number of nitrogens with zero attached hydrogens (tertiary/aromatic N) is 2. The highest BCUT2D eigenvalue weighted by Gasteiger charge is 2.14. The summed E-state index contributed by atoms with van der Waals surface area (Å²) in [4.78, 5) is 23.0. The number of anilines is 1. The van der Waals surface area contributed by atoms with Crippen LogP contribution in [0.3, 0.4) is 0 Å². The van der Waals surface area contributed by atoms with Crippen LogP contribution in [0.15, 0.2) is 27.8 Å². The third kappa shape index (κ3) is 6.29. The van der Waals surface area contributed by atoms with Crippen molar-refractivity contribution >= 4 is 57.1 Å². The average molecular weight is 375 g/mol. The maximum atomic E-state index is 11.9. The molecule has 1 aromatic rings. The summed E-state index contributed by atoms with van der Waals surface area (Å²) in [6, 6.07) is 4.86. The predicted molar refractivity (Wildman–Crippen MR) is 95.1 cm³/mol. The van der Waals surface area contributed by atoms with E-state index in [-0.39, 0.29) is 28.9 Å². The molecule has 2 N–H and O–H groups in total. The predicted octanol–water partition coefficient (Wildman–Crippen LogP) is 2.98. The van der Waals surface area contributed by atoms with E-state index in [4.69, 9.17) is 23.2 Å². The zero-order valence-electron chi connectivity index (χ0n) is 12.4. The molecular formula is C14H16Cl2N4O2S. The van der Waals surface area contributed by atoms with Gasteiger partial charge in [0.2, 0.25) is 11.8 Å². The topological polar surface area (TPSA) is 82.9 Å². The molecule has 0 saturated carbocycles. The minimum atomic E-state index is -0.382. The van der Waals surface area contributed by atoms with Gasteiger partial charge in [0.15, 0.2) is 0 Å². The van der Waals surface area contributed by atoms with E-state index in [1.165, 1.54) is 0 Å². The van der Waals surface area contributed by atoms with Crippen molar-refractivity contribution in [2.24, 2.45) is 9.57 Å². The first-order valence-electron chi connectivity index (χ1n) is 6.87. The first kappa shape index (κ1) is 17.9. The number of hydrogen-bond acceptors (Lipinski definition) is 3. The summed E-state index contributed by atoms with van der Waals surface area (Å²) in [6.07, 6.45) is 0.766. The molecule has 23 heavy (non-hydrogen) atoms. The summed E-state index contributed by atoms with van der Waals surface area (Å²) < 4.78 is 4.12. The molecule has 1 aliphatic heterocycles. The second-order valence-corrected chi connectivity index (χ2v) is 7.51. The zero-order valence-corrected chi connectivity index (χ0v) is 14.8. The number of hydrogen-bond donors (Lipinski definition) is 2. The van der Waals surface area contributed by atoms with Crippen molar-refractivity contribution in [3.8, 4) is 0 Å². The molecule has 2 amide bonds. The van der Waals surface area contributed by atoms with Gasteiger partial charge in [-0.2, -0.15) is 5.10 Å². The van der Waals surface area contributed by atoms with Crippen LogP contribution in [0, 0.1) is 0 Å². The Kier molecular flexibility index (Phi) is 6.56. The maximum Gasteiger partial charge on any atom is 0.231 e. The first-order chi connectivity index (χ1) is 10.9. The molecule has 2 rings (SSSR count). The quantitative estimate of drug-likeness (QED) is 0.613. The van der Waals surface area contributed by atoms with Gasteiger partial charge in [0.1, 0.15) is 0 Å². The van der Waals surface area contributed by atoms with Crippen molar-refractivity contribution in [3.63, 3.8) is 0 Å². The van der Waals surface area contributed by atoms with Crippen LogP contribution >= 0.6 is 23.2 Å². The fraction of sp³-hybridized carbons (Fsp3) is 0.357. The van der Waals surface area contributed by atoms with Crippen molar-refractivity contribution in [1.82, 2.24) is 5.32 Å². The van der Waals surface area contributed by atoms with E-state index in [1.54, 1.807) is 18.2 Å². The van der Waals surface area contributed by atoms with Crippen LogP contribution in [0.1, 0.15) is 19.8 Å². The first-order valence-corrected chi connectivity index (χ1v) is 9.14. The monoisotopic (exact) mass is 374 g/mol. The molecule has 6 nitrogen and oxygen atoms in total. The molecule has 9 heteroatoms. The Morgan fingerprint density at radius 1 is 1.30 bits per heavy atom. The normalized spacial score (nSPS) is 18.1. The molecule has 0 aromatic heterocycles. The molecule has 0 radical (unpaired) electrons. The lowest BCUT2D eigenvalue weighted by molar-refractivity contribution is -0.118. The summed E-state index contributed by atoms with van der Waals surface area (Å²) in [6.45, 7) is 1.81. The van der Waals surface area contributed by atoms with Gasteiger partial charge in [-0.15, -0.1) is 4.47 Å². The maximum absolute atomic E-state index is 11.9. The number of amides is 2. The van der Waals surface area contributed by atoms with Gasteiger partial charge in [0.05, 0.1) is 11.6 Å². The standard InChI is InChI=1S/C14H16Cl2N4O2S/c1-9(19-20-23-7-14(22)17-8-23)2-3-13(21)18-12-5-10(15)4-11(16)6-12/h4-6H,2-3,7-8H2,1H3,(H,17,22)(H,18,21)/b19-9+. The molecule has 1 saturated heterocycles. The van der Waals surface area contributed by atoms with Crippen molar-refractivity contribution in [2.75, 3.05) is 16.9 Å². The van der Waals surface area contributed by atoms with Gasteiger partial charge >= 0.3 is 0 Å². The minimum absolute atomic E-state index is 0.00416. The van der Waals surface area contributed by atoms with Gasteiger partial charge in [-0.25, -0.2) is 0 Å². The Morgan fingerprint density at radius 3 is 2.61 bits per heavy atom. The summed E-state index contributed by atoms with van der Waals surface area (Å²) in [5, 5.41) is 10.5. The van der Waals surface area contributed by atoms with Crippen LogP contribution in [-0.4, -0.2) is 29.2 Å². The van der Waals surface area contributed by atoms with Crippen molar-refractivity contribution in [3.05, 3.63) is 28.2 Å². The number of carbonyl (C=O) groups is 2. The van der Waals surface area contributed by atoms with Crippen molar-refractivity contribution in [2.45, 2.75) is 19.8 Å². The molecule has 1 heterocycles. The molecule has 1 unspecified atom stereocenters. The SMILES string of the molecule is C/C(CCC(=O)Nc1cc(Cl)cc(Cl)c1)=N\N=S1/CNC(=O)C1. The second kappa shape index (κ2) is 8.42. The second-order valence-electron chi connectivity index (χ2n) is 4.97. The van der Waals surface area contributed by atoms with Crippen molar-refractivity contribution < 1.29 is 9.59 Å². The average Bonchev–Trinajstić information content (AvgIpc) is 2.87. The molecule has 0 spiro atoms. The molecular weight excluding hydrogens is 359 g/mol. The van der Waals surface area contributed by atoms with Gasteiger partial charge < -0.3 is 10.6 Å². The van der Waals surface area contributed by atoms with E-state index < -0.39 is 0 Å². The molecule has 0 bridgehead atoms. The third-order valence-corrected chi connectivity index (χ3v) is 4.74. The highest BCUT2D eigenvalue weighted by Crippen LogP contribution is 2.22. The molecule has 1 aliphatic rings. The highest BCUT2D eigenvalue weighted by molar-refractivity contribution is 7.88. The largest absolute Gasteiger partial charge is 0.345 e. The van der Waals surface area contributed by atoms with Crippen LogP contribution in [0.4, 0.5) is 5.69 Å². The number of rotatable bonds is 5. The fourth-order valence-electron chi connectivity index (χ4n) is 1.80. The number of halogens is 2. The molecule has 1 atom stereocenters. The van der Waals surface area contributed by atoms with Gasteiger partial charge in [-0.3, -0.25) is 9.59 Å². The zero-order chi connectivity index (χ0) is 16.8. The van der Waals surface area contributed by atoms with E-state index in [0.29, 0.717) is 33.8 Å². The molecule has 1 aromatic carbocycles. The lowest BCUT2D eigenvalue weighted by atomic mass is 10.2. The lowest BCUT2D eigenvalue weighted by Crippen LogP contribution is -2.14. The number of carbonyl (C=O) groups excluding carboxylic acids is 2. The Hall–Kier alpha value is -1.44. The van der Waals surface area contributed by atoms with Crippen LogP contribution in [0.5, 0.6) is 0 Å². The van der Waals surface area contributed by atoms with Crippen LogP contribution in [0.2, 0.25) is 10.0 Å². The Morgan fingerprint density at radius 2 is 2.00 bits per heavy atom. The van der Waals surface area contributed by atoms with Crippen LogP contribution < -0.4 is 10.6 Å². The minimum Gasteiger partial charge on any atom is -0.345 e. The Bertz CT molecular complexity index is 671. The summed E-state index contributed by atoms with van der Waals surface area (Å²) in [5.74, 6) is 0.792. The van der Waals surface area contributed by atoms with E-state index in [0.717, 1.165) is 5.71 Å². The Labute approximate surface area is 146 Å². The van der Waals surface area contributed by atoms with E-state index in [1.807, 2.05) is 6.92 Å². The summed E-state index contributed by atoms with van der Waals surface area (Å²) in [7, 11) is -0.382. The fourth-order valence-corrected chi connectivity index (χ4v) is 3.53. The highest BCUT2D eigenvalue weighted by atomic mass is 35.5. The van der Waals surface area contributed by atoms with Crippen LogP contribution in [0.25, 0.3) is 0 Å². The van der Waals surface area contributed by atoms with Crippen LogP contribution in [-0.2, 0) is 20.3 Å². The molecule has 124 valence electrons. The number of benzene rings is 1. The van der Waals surface area contributed by atoms with Gasteiger partial charge in [0.25, 0.3) is 0 Å². The molecule has 0 aliphatic carbocycles. The summed E-state index contributed by atoms with van der Waals surface area (Å²) in [5.41, 5.74) is 1.31. The van der Waals surface area contributed by atoms with E-state index >= 15 is 0 Å². The molecule has 1 fully saturated rings. The lowest BCUT2D eigenvalue weighted by Gasteiger charge is -2.06. The van der Waals surface area contributed by atoms with Crippen molar-refractivity contribution in [1.29, 1.82) is 0 Å².